The molecule has 0 radical (unpaired) electrons. The van der Waals surface area contributed by atoms with Crippen LogP contribution in [0, 0.1) is 0 Å². The molecule has 132 valence electrons. The number of morpholine rings is 1. The maximum atomic E-state index is 12.8. The summed E-state index contributed by atoms with van der Waals surface area (Å²) in [5.74, 6) is 0.130. The summed E-state index contributed by atoms with van der Waals surface area (Å²) in [5, 5.41) is 7.05. The van der Waals surface area contributed by atoms with E-state index >= 15 is 0 Å². The number of carbonyl (C=O) groups is 2. The van der Waals surface area contributed by atoms with Crippen molar-refractivity contribution in [2.45, 2.75) is 32.2 Å². The molecule has 1 fully saturated rings. The normalized spacial score (nSPS) is 17.7. The smallest absolute Gasteiger partial charge is 0.274 e. The summed E-state index contributed by atoms with van der Waals surface area (Å²) in [6, 6.07) is 10.7. The SMILES string of the molecule is CC(C)c1cc(C(=O)N2CCOC[C@H]2CC(=O)c2ccccc2)n[nH]1. The maximum Gasteiger partial charge on any atom is 0.274 e. The van der Waals surface area contributed by atoms with Crippen LogP contribution in [0.15, 0.2) is 36.4 Å². The second-order valence-corrected chi connectivity index (χ2v) is 6.58. The van der Waals surface area contributed by atoms with Crippen molar-refractivity contribution < 1.29 is 14.3 Å². The molecular weight excluding hydrogens is 318 g/mol. The zero-order chi connectivity index (χ0) is 17.8. The summed E-state index contributed by atoms with van der Waals surface area (Å²) in [5.41, 5.74) is 1.97. The fourth-order valence-corrected chi connectivity index (χ4v) is 2.94. The second kappa shape index (κ2) is 7.61. The van der Waals surface area contributed by atoms with Crippen LogP contribution in [0.3, 0.4) is 0 Å². The number of hydrogen-bond donors (Lipinski definition) is 1. The van der Waals surface area contributed by atoms with Crippen molar-refractivity contribution in [3.63, 3.8) is 0 Å². The van der Waals surface area contributed by atoms with Crippen molar-refractivity contribution >= 4 is 11.7 Å². The van der Waals surface area contributed by atoms with E-state index in [9.17, 15) is 9.59 Å². The van der Waals surface area contributed by atoms with E-state index in [0.717, 1.165) is 5.69 Å². The molecule has 1 atom stereocenters. The van der Waals surface area contributed by atoms with Crippen LogP contribution in [0.2, 0.25) is 0 Å². The number of amides is 1. The third kappa shape index (κ3) is 3.96. The summed E-state index contributed by atoms with van der Waals surface area (Å²) in [6.07, 6.45) is 0.247. The van der Waals surface area contributed by atoms with Gasteiger partial charge in [0.2, 0.25) is 0 Å². The fraction of sp³-hybridized carbons (Fsp3) is 0.421. The number of H-pyrrole nitrogens is 1. The van der Waals surface area contributed by atoms with Gasteiger partial charge in [0.15, 0.2) is 5.78 Å². The van der Waals surface area contributed by atoms with Crippen LogP contribution < -0.4 is 0 Å². The highest BCUT2D eigenvalue weighted by atomic mass is 16.5. The number of nitrogens with one attached hydrogen (secondary N) is 1. The van der Waals surface area contributed by atoms with Crippen LogP contribution in [0.4, 0.5) is 0 Å². The minimum absolute atomic E-state index is 0.0128. The molecule has 1 aliphatic heterocycles. The quantitative estimate of drug-likeness (QED) is 0.849. The Morgan fingerprint density at radius 2 is 2.08 bits per heavy atom. The summed E-state index contributed by atoms with van der Waals surface area (Å²) in [7, 11) is 0. The van der Waals surface area contributed by atoms with Crippen LogP contribution in [0.1, 0.15) is 52.7 Å². The minimum atomic E-state index is -0.270. The number of hydrogen-bond acceptors (Lipinski definition) is 4. The van der Waals surface area contributed by atoms with Crippen LogP contribution >= 0.6 is 0 Å². The number of aromatic nitrogens is 2. The van der Waals surface area contributed by atoms with E-state index in [0.29, 0.717) is 31.0 Å². The molecule has 6 nitrogen and oxygen atoms in total. The molecule has 0 spiro atoms. The molecule has 0 saturated carbocycles. The number of nitrogens with zero attached hydrogens (tertiary/aromatic N) is 2. The second-order valence-electron chi connectivity index (χ2n) is 6.58. The highest BCUT2D eigenvalue weighted by molar-refractivity contribution is 5.97. The molecule has 2 aromatic rings. The monoisotopic (exact) mass is 341 g/mol. The number of ketones is 1. The number of ether oxygens (including phenoxy) is 1. The van der Waals surface area contributed by atoms with Crippen LogP contribution in [-0.2, 0) is 4.74 Å². The predicted molar refractivity (Wildman–Crippen MR) is 93.7 cm³/mol. The predicted octanol–water partition coefficient (Wildman–Crippen LogP) is 2.65. The lowest BCUT2D eigenvalue weighted by atomic mass is 10.0. The van der Waals surface area contributed by atoms with Crippen molar-refractivity contribution in [3.8, 4) is 0 Å². The van der Waals surface area contributed by atoms with Crippen molar-refractivity contribution in [1.82, 2.24) is 15.1 Å². The highest BCUT2D eigenvalue weighted by Crippen LogP contribution is 2.19. The largest absolute Gasteiger partial charge is 0.377 e. The molecule has 1 amide bonds. The van der Waals surface area contributed by atoms with Gasteiger partial charge in [-0.2, -0.15) is 5.10 Å². The van der Waals surface area contributed by atoms with Gasteiger partial charge in [0.1, 0.15) is 5.69 Å². The Morgan fingerprint density at radius 3 is 2.76 bits per heavy atom. The first-order valence-electron chi connectivity index (χ1n) is 8.58. The number of carbonyl (C=O) groups excluding carboxylic acids is 2. The first kappa shape index (κ1) is 17.4. The topological polar surface area (TPSA) is 75.3 Å². The number of aromatic amines is 1. The van der Waals surface area contributed by atoms with E-state index in [1.165, 1.54) is 0 Å². The third-order valence-electron chi connectivity index (χ3n) is 4.44. The lowest BCUT2D eigenvalue weighted by Gasteiger charge is -2.34. The van der Waals surface area contributed by atoms with E-state index in [1.54, 1.807) is 23.1 Å². The Labute approximate surface area is 147 Å². The highest BCUT2D eigenvalue weighted by Gasteiger charge is 2.31. The Bertz CT molecular complexity index is 739. The average molecular weight is 341 g/mol. The first-order chi connectivity index (χ1) is 12.1. The Balaban J connectivity index is 1.74. The molecule has 2 heterocycles. The average Bonchev–Trinajstić information content (AvgIpc) is 3.13. The van der Waals surface area contributed by atoms with Crippen LogP contribution in [0.25, 0.3) is 0 Å². The molecular formula is C19H23N3O3. The van der Waals surface area contributed by atoms with Gasteiger partial charge >= 0.3 is 0 Å². The van der Waals surface area contributed by atoms with Gasteiger partial charge in [-0.3, -0.25) is 14.7 Å². The molecule has 6 heteroatoms. The maximum absolute atomic E-state index is 12.8. The molecule has 0 bridgehead atoms. The molecule has 1 N–H and O–H groups in total. The van der Waals surface area contributed by atoms with Gasteiger partial charge in [0.05, 0.1) is 19.3 Å². The lowest BCUT2D eigenvalue weighted by molar-refractivity contribution is -0.00311. The third-order valence-corrected chi connectivity index (χ3v) is 4.44. The van der Waals surface area contributed by atoms with Gasteiger partial charge in [0, 0.05) is 24.2 Å². The van der Waals surface area contributed by atoms with E-state index in [2.05, 4.69) is 10.2 Å². The summed E-state index contributed by atoms with van der Waals surface area (Å²) in [6.45, 7) is 5.39. The van der Waals surface area contributed by atoms with Crippen LogP contribution in [0.5, 0.6) is 0 Å². The Kier molecular flexibility index (Phi) is 5.28. The van der Waals surface area contributed by atoms with E-state index in [4.69, 9.17) is 4.74 Å². The van der Waals surface area contributed by atoms with Crippen molar-refractivity contribution in [2.24, 2.45) is 0 Å². The van der Waals surface area contributed by atoms with Gasteiger partial charge in [-0.05, 0) is 12.0 Å². The van der Waals surface area contributed by atoms with Crippen molar-refractivity contribution in [3.05, 3.63) is 53.3 Å². The van der Waals surface area contributed by atoms with Gasteiger partial charge in [-0.1, -0.05) is 44.2 Å². The standard InChI is InChI=1S/C19H23N3O3/c1-13(2)16-11-17(21-20-16)19(24)22-8-9-25-12-15(22)10-18(23)14-6-4-3-5-7-14/h3-7,11,13,15H,8-10,12H2,1-2H3,(H,20,21)/t15-/m1/s1. The molecule has 1 aliphatic rings. The van der Waals surface area contributed by atoms with Crippen LogP contribution in [-0.4, -0.2) is 52.6 Å². The summed E-state index contributed by atoms with van der Waals surface area (Å²) < 4.78 is 5.50. The summed E-state index contributed by atoms with van der Waals surface area (Å²) >= 11 is 0. The number of benzene rings is 1. The molecule has 1 aromatic heterocycles. The molecule has 1 saturated heterocycles. The molecule has 0 unspecified atom stereocenters. The molecule has 1 aromatic carbocycles. The van der Waals surface area contributed by atoms with Gasteiger partial charge in [0.25, 0.3) is 5.91 Å². The van der Waals surface area contributed by atoms with Gasteiger partial charge < -0.3 is 9.64 Å². The zero-order valence-electron chi connectivity index (χ0n) is 14.6. The number of Topliss-reactive ketones (excluding diaryl/α,β-unsaturated/α-hetero) is 1. The van der Waals surface area contributed by atoms with Gasteiger partial charge in [-0.15, -0.1) is 0 Å². The van der Waals surface area contributed by atoms with Crippen molar-refractivity contribution in [1.29, 1.82) is 0 Å². The molecule has 3 rings (SSSR count). The fourth-order valence-electron chi connectivity index (χ4n) is 2.94. The minimum Gasteiger partial charge on any atom is -0.377 e. The zero-order valence-corrected chi connectivity index (χ0v) is 14.6. The van der Waals surface area contributed by atoms with Crippen molar-refractivity contribution in [2.75, 3.05) is 19.8 Å². The lowest BCUT2D eigenvalue weighted by Crippen LogP contribution is -2.49. The Hall–Kier alpha value is -2.47. The first-order valence-corrected chi connectivity index (χ1v) is 8.58. The molecule has 0 aliphatic carbocycles. The van der Waals surface area contributed by atoms with Gasteiger partial charge in [-0.25, -0.2) is 0 Å². The van der Waals surface area contributed by atoms with E-state index < -0.39 is 0 Å². The van der Waals surface area contributed by atoms with E-state index in [1.807, 2.05) is 32.0 Å². The molecule has 25 heavy (non-hydrogen) atoms. The van der Waals surface area contributed by atoms with E-state index in [-0.39, 0.29) is 30.1 Å². The Morgan fingerprint density at radius 1 is 1.32 bits per heavy atom. The summed E-state index contributed by atoms with van der Waals surface area (Å²) in [4.78, 5) is 27.0. The number of rotatable bonds is 5.